The summed E-state index contributed by atoms with van der Waals surface area (Å²) in [6, 6.07) is 7.16. The van der Waals surface area contributed by atoms with Gasteiger partial charge < -0.3 is 15.3 Å². The van der Waals surface area contributed by atoms with Crippen molar-refractivity contribution in [2.45, 2.75) is 12.1 Å². The number of carbonyl (C=O) groups excluding carboxylic acids is 1. The van der Waals surface area contributed by atoms with E-state index in [1.807, 2.05) is 30.1 Å². The SMILES string of the molecule is CN1C[C@H](NC(=O)c2cnc(-c3ccccc3Cl)s2)[C@@H](O)C1. The number of β-amino-alcohol motifs (C(OH)–C–C–N with tert-alkyl or cyclic N) is 1. The molecule has 1 fully saturated rings. The third kappa shape index (κ3) is 3.15. The van der Waals surface area contributed by atoms with Gasteiger partial charge in [-0.1, -0.05) is 29.8 Å². The van der Waals surface area contributed by atoms with E-state index in [-0.39, 0.29) is 11.9 Å². The average molecular weight is 338 g/mol. The van der Waals surface area contributed by atoms with E-state index in [0.717, 1.165) is 5.56 Å². The maximum atomic E-state index is 12.3. The number of amides is 1. The zero-order valence-electron chi connectivity index (χ0n) is 12.0. The highest BCUT2D eigenvalue weighted by Crippen LogP contribution is 2.30. The van der Waals surface area contributed by atoms with E-state index in [1.54, 1.807) is 12.3 Å². The molecule has 1 amide bonds. The molecule has 5 nitrogen and oxygen atoms in total. The Hall–Kier alpha value is -1.47. The van der Waals surface area contributed by atoms with Gasteiger partial charge in [-0.2, -0.15) is 0 Å². The lowest BCUT2D eigenvalue weighted by Gasteiger charge is -2.14. The number of aromatic nitrogens is 1. The highest BCUT2D eigenvalue weighted by atomic mass is 35.5. The maximum absolute atomic E-state index is 12.3. The minimum Gasteiger partial charge on any atom is -0.390 e. The number of hydrogen-bond donors (Lipinski definition) is 2. The number of thiazole rings is 1. The largest absolute Gasteiger partial charge is 0.390 e. The number of benzene rings is 1. The summed E-state index contributed by atoms with van der Waals surface area (Å²) in [6.07, 6.45) is 1.01. The number of rotatable bonds is 3. The Labute approximate surface area is 137 Å². The molecule has 1 aliphatic rings. The minimum absolute atomic E-state index is 0.213. The molecule has 1 aromatic heterocycles. The first-order chi connectivity index (χ1) is 10.5. The summed E-state index contributed by atoms with van der Waals surface area (Å²) in [5.41, 5.74) is 0.814. The van der Waals surface area contributed by atoms with Gasteiger partial charge >= 0.3 is 0 Å². The lowest BCUT2D eigenvalue weighted by atomic mass is 10.2. The van der Waals surface area contributed by atoms with Crippen LogP contribution in [0.1, 0.15) is 9.67 Å². The highest BCUT2D eigenvalue weighted by molar-refractivity contribution is 7.17. The van der Waals surface area contributed by atoms with Crippen LogP contribution < -0.4 is 5.32 Å². The first-order valence-corrected chi connectivity index (χ1v) is 8.12. The van der Waals surface area contributed by atoms with E-state index in [1.165, 1.54) is 11.3 Å². The Balaban J connectivity index is 1.74. The van der Waals surface area contributed by atoms with E-state index in [4.69, 9.17) is 11.6 Å². The molecule has 3 rings (SSSR count). The molecule has 1 saturated heterocycles. The van der Waals surface area contributed by atoms with Gasteiger partial charge in [0.2, 0.25) is 0 Å². The monoisotopic (exact) mass is 337 g/mol. The van der Waals surface area contributed by atoms with Crippen LogP contribution in [0.15, 0.2) is 30.5 Å². The molecule has 0 saturated carbocycles. The van der Waals surface area contributed by atoms with Crippen molar-refractivity contribution in [3.05, 3.63) is 40.4 Å². The van der Waals surface area contributed by atoms with Crippen LogP contribution in [0, 0.1) is 0 Å². The molecule has 1 aliphatic heterocycles. The molecular weight excluding hydrogens is 322 g/mol. The number of nitrogens with zero attached hydrogens (tertiary/aromatic N) is 2. The summed E-state index contributed by atoms with van der Waals surface area (Å²) in [5, 5.41) is 14.1. The van der Waals surface area contributed by atoms with Crippen molar-refractivity contribution in [1.82, 2.24) is 15.2 Å². The van der Waals surface area contributed by atoms with Gasteiger partial charge in [0.1, 0.15) is 9.88 Å². The Morgan fingerprint density at radius 1 is 1.45 bits per heavy atom. The Morgan fingerprint density at radius 3 is 2.91 bits per heavy atom. The first kappa shape index (κ1) is 15.4. The van der Waals surface area contributed by atoms with E-state index in [2.05, 4.69) is 10.3 Å². The highest BCUT2D eigenvalue weighted by Gasteiger charge is 2.30. The van der Waals surface area contributed by atoms with E-state index in [9.17, 15) is 9.90 Å². The molecule has 0 spiro atoms. The second-order valence-corrected chi connectivity index (χ2v) is 6.82. The number of aliphatic hydroxyl groups is 1. The number of hydrogen-bond acceptors (Lipinski definition) is 5. The van der Waals surface area contributed by atoms with Crippen LogP contribution in [-0.4, -0.2) is 53.2 Å². The van der Waals surface area contributed by atoms with Crippen LogP contribution in [0.25, 0.3) is 10.6 Å². The van der Waals surface area contributed by atoms with Crippen LogP contribution in [0.3, 0.4) is 0 Å². The van der Waals surface area contributed by atoms with Crippen molar-refractivity contribution in [3.8, 4) is 10.6 Å². The number of halogens is 1. The summed E-state index contributed by atoms with van der Waals surface area (Å²) in [7, 11) is 1.91. The molecule has 0 radical (unpaired) electrons. The van der Waals surface area contributed by atoms with Gasteiger partial charge in [-0.05, 0) is 13.1 Å². The summed E-state index contributed by atoms with van der Waals surface area (Å²) < 4.78 is 0. The van der Waals surface area contributed by atoms with Gasteiger partial charge in [0, 0.05) is 18.7 Å². The molecule has 2 atom stereocenters. The van der Waals surface area contributed by atoms with Crippen LogP contribution in [-0.2, 0) is 0 Å². The van der Waals surface area contributed by atoms with Crippen molar-refractivity contribution in [3.63, 3.8) is 0 Å². The van der Waals surface area contributed by atoms with E-state index in [0.29, 0.717) is 28.0 Å². The molecule has 22 heavy (non-hydrogen) atoms. The number of aliphatic hydroxyl groups excluding tert-OH is 1. The number of likely N-dealkylation sites (N-methyl/N-ethyl adjacent to an activating group) is 1. The molecular formula is C15H16ClN3O2S. The van der Waals surface area contributed by atoms with E-state index >= 15 is 0 Å². The Bertz CT molecular complexity index is 691. The average Bonchev–Trinajstić information content (AvgIpc) is 3.07. The number of likely N-dealkylation sites (tertiary alicyclic amines) is 1. The Kier molecular flexibility index (Phi) is 4.44. The van der Waals surface area contributed by atoms with Crippen LogP contribution in [0.2, 0.25) is 5.02 Å². The fraction of sp³-hybridized carbons (Fsp3) is 0.333. The number of carbonyl (C=O) groups is 1. The molecule has 2 N–H and O–H groups in total. The molecule has 0 aliphatic carbocycles. The summed E-state index contributed by atoms with van der Waals surface area (Å²) >= 11 is 7.44. The Morgan fingerprint density at radius 2 is 2.23 bits per heavy atom. The summed E-state index contributed by atoms with van der Waals surface area (Å²) in [6.45, 7) is 1.21. The standard InChI is InChI=1S/C15H16ClN3O2S/c1-19-7-11(12(20)8-19)18-14(21)13-6-17-15(22-13)9-4-2-3-5-10(9)16/h2-6,11-12,20H,7-8H2,1H3,(H,18,21)/t11-,12-/m0/s1. The van der Waals surface area contributed by atoms with Crippen molar-refractivity contribution in [2.24, 2.45) is 0 Å². The van der Waals surface area contributed by atoms with Crippen molar-refractivity contribution in [2.75, 3.05) is 20.1 Å². The fourth-order valence-corrected chi connectivity index (χ4v) is 3.64. The molecule has 1 aromatic carbocycles. The predicted octanol–water partition coefficient (Wildman–Crippen LogP) is 1.87. The van der Waals surface area contributed by atoms with Crippen molar-refractivity contribution in [1.29, 1.82) is 0 Å². The third-order valence-corrected chi connectivity index (χ3v) is 4.98. The molecule has 0 bridgehead atoms. The third-order valence-electron chi connectivity index (χ3n) is 3.62. The second kappa shape index (κ2) is 6.34. The second-order valence-electron chi connectivity index (χ2n) is 5.38. The van der Waals surface area contributed by atoms with Gasteiger partial charge in [-0.25, -0.2) is 4.98 Å². The first-order valence-electron chi connectivity index (χ1n) is 6.93. The quantitative estimate of drug-likeness (QED) is 0.897. The molecule has 116 valence electrons. The lowest BCUT2D eigenvalue weighted by Crippen LogP contribution is -2.42. The van der Waals surface area contributed by atoms with Gasteiger partial charge in [0.25, 0.3) is 5.91 Å². The van der Waals surface area contributed by atoms with Crippen molar-refractivity contribution >= 4 is 28.8 Å². The van der Waals surface area contributed by atoms with Gasteiger partial charge in [0.15, 0.2) is 0 Å². The van der Waals surface area contributed by atoms with Crippen LogP contribution >= 0.6 is 22.9 Å². The zero-order chi connectivity index (χ0) is 15.7. The minimum atomic E-state index is -0.537. The predicted molar refractivity (Wildman–Crippen MR) is 87.3 cm³/mol. The fourth-order valence-electron chi connectivity index (χ4n) is 2.50. The molecule has 2 aromatic rings. The van der Waals surface area contributed by atoms with Crippen LogP contribution in [0.5, 0.6) is 0 Å². The van der Waals surface area contributed by atoms with Gasteiger partial charge in [-0.3, -0.25) is 4.79 Å². The summed E-state index contributed by atoms with van der Waals surface area (Å²) in [4.78, 5) is 19.1. The lowest BCUT2D eigenvalue weighted by molar-refractivity contribution is 0.0892. The molecule has 0 unspecified atom stereocenters. The smallest absolute Gasteiger partial charge is 0.263 e. The number of nitrogens with one attached hydrogen (secondary N) is 1. The van der Waals surface area contributed by atoms with Crippen molar-refractivity contribution < 1.29 is 9.90 Å². The summed E-state index contributed by atoms with van der Waals surface area (Å²) in [5.74, 6) is -0.213. The van der Waals surface area contributed by atoms with E-state index < -0.39 is 6.10 Å². The van der Waals surface area contributed by atoms with Gasteiger partial charge in [-0.15, -0.1) is 11.3 Å². The van der Waals surface area contributed by atoms with Crippen LogP contribution in [0.4, 0.5) is 0 Å². The molecule has 7 heteroatoms. The maximum Gasteiger partial charge on any atom is 0.263 e. The topological polar surface area (TPSA) is 65.5 Å². The molecule has 2 heterocycles. The van der Waals surface area contributed by atoms with Gasteiger partial charge in [0.05, 0.1) is 23.4 Å². The normalized spacial score (nSPS) is 22.0. The zero-order valence-corrected chi connectivity index (χ0v) is 13.6.